The Morgan fingerprint density at radius 2 is 1.56 bits per heavy atom. The Bertz CT molecular complexity index is 1110. The number of amides is 1. The molecule has 0 bridgehead atoms. The van der Waals surface area contributed by atoms with Gasteiger partial charge in [0.25, 0.3) is 0 Å². The zero-order valence-corrected chi connectivity index (χ0v) is 17.7. The molecule has 1 aliphatic heterocycles. The maximum atomic E-state index is 12.5. The van der Waals surface area contributed by atoms with Crippen LogP contribution in [-0.2, 0) is 14.3 Å². The Balaban J connectivity index is 1.32. The summed E-state index contributed by atoms with van der Waals surface area (Å²) in [6, 6.07) is 24.1. The maximum absolute atomic E-state index is 12.5. The van der Waals surface area contributed by atoms with E-state index < -0.39 is 11.9 Å². The summed E-state index contributed by atoms with van der Waals surface area (Å²) in [6.45, 7) is -0.124. The summed E-state index contributed by atoms with van der Waals surface area (Å²) in [5.41, 5.74) is 3.23. The minimum atomic E-state index is -0.599. The van der Waals surface area contributed by atoms with Crippen LogP contribution in [0.25, 0.3) is 11.1 Å². The predicted octanol–water partition coefficient (Wildman–Crippen LogP) is 4.14. The second kappa shape index (κ2) is 9.47. The molecular weight excluding hydrogens is 406 g/mol. The number of carbonyl (C=O) groups excluding carboxylic acids is 3. The molecule has 0 aliphatic carbocycles. The number of hydrogen-bond donors (Lipinski definition) is 0. The van der Waals surface area contributed by atoms with Gasteiger partial charge in [0.15, 0.2) is 12.4 Å². The van der Waals surface area contributed by atoms with Crippen molar-refractivity contribution in [2.75, 3.05) is 25.2 Å². The fourth-order valence-electron chi connectivity index (χ4n) is 3.69. The number of ketones is 1. The fourth-order valence-corrected chi connectivity index (χ4v) is 3.69. The molecule has 0 aromatic heterocycles. The number of esters is 1. The molecule has 0 unspecified atom stereocenters. The number of ether oxygens (including phenoxy) is 2. The number of Topliss-reactive ketones (excluding diaryl/α,β-unsaturated/α-hetero) is 1. The van der Waals surface area contributed by atoms with Crippen molar-refractivity contribution in [3.05, 3.63) is 84.4 Å². The van der Waals surface area contributed by atoms with E-state index in [1.165, 1.54) is 0 Å². The van der Waals surface area contributed by atoms with Crippen LogP contribution in [-0.4, -0.2) is 37.9 Å². The Morgan fingerprint density at radius 3 is 2.22 bits per heavy atom. The van der Waals surface area contributed by atoms with Crippen molar-refractivity contribution in [2.45, 2.75) is 6.42 Å². The number of rotatable bonds is 7. The van der Waals surface area contributed by atoms with Crippen LogP contribution in [0.15, 0.2) is 78.9 Å². The number of anilines is 1. The summed E-state index contributed by atoms with van der Waals surface area (Å²) >= 11 is 0. The standard InChI is InChI=1S/C26H23NO5/c1-31-23-13-11-22(12-14-23)27-16-21(15-25(27)29)26(30)32-17-24(28)20-9-7-19(8-10-20)18-5-3-2-4-6-18/h2-14,21H,15-17H2,1H3/t21-/m1/s1. The number of methoxy groups -OCH3 is 1. The third-order valence-electron chi connectivity index (χ3n) is 5.50. The Kier molecular flexibility index (Phi) is 6.31. The zero-order chi connectivity index (χ0) is 22.5. The SMILES string of the molecule is COc1ccc(N2C[C@H](C(=O)OCC(=O)c3ccc(-c4ccccc4)cc3)CC2=O)cc1. The van der Waals surface area contributed by atoms with Gasteiger partial charge in [0, 0.05) is 24.2 Å². The molecule has 162 valence electrons. The Hall–Kier alpha value is -3.93. The van der Waals surface area contributed by atoms with Crippen molar-refractivity contribution in [3.8, 4) is 16.9 Å². The molecule has 3 aromatic rings. The van der Waals surface area contributed by atoms with Gasteiger partial charge in [-0.05, 0) is 35.4 Å². The summed E-state index contributed by atoms with van der Waals surface area (Å²) < 4.78 is 10.4. The molecule has 1 atom stereocenters. The number of benzene rings is 3. The smallest absolute Gasteiger partial charge is 0.311 e. The van der Waals surface area contributed by atoms with Gasteiger partial charge in [-0.3, -0.25) is 14.4 Å². The molecule has 3 aromatic carbocycles. The van der Waals surface area contributed by atoms with E-state index in [-0.39, 0.29) is 31.3 Å². The van der Waals surface area contributed by atoms with Crippen molar-refractivity contribution >= 4 is 23.3 Å². The van der Waals surface area contributed by atoms with E-state index in [2.05, 4.69) is 0 Å². The molecular formula is C26H23NO5. The van der Waals surface area contributed by atoms with Gasteiger partial charge in [-0.1, -0.05) is 54.6 Å². The van der Waals surface area contributed by atoms with Crippen LogP contribution >= 0.6 is 0 Å². The van der Waals surface area contributed by atoms with Crippen LogP contribution in [0.3, 0.4) is 0 Å². The van der Waals surface area contributed by atoms with Crippen LogP contribution < -0.4 is 9.64 Å². The van der Waals surface area contributed by atoms with Crippen LogP contribution in [0, 0.1) is 5.92 Å². The lowest BCUT2D eigenvalue weighted by atomic mass is 10.0. The van der Waals surface area contributed by atoms with Crippen molar-refractivity contribution in [2.24, 2.45) is 5.92 Å². The summed E-state index contributed by atoms with van der Waals surface area (Å²) in [7, 11) is 1.57. The molecule has 32 heavy (non-hydrogen) atoms. The molecule has 6 nitrogen and oxygen atoms in total. The normalized spacial score (nSPS) is 15.5. The quantitative estimate of drug-likeness (QED) is 0.417. The van der Waals surface area contributed by atoms with Gasteiger partial charge in [0.2, 0.25) is 5.91 Å². The summed E-state index contributed by atoms with van der Waals surface area (Å²) in [5, 5.41) is 0. The first-order valence-electron chi connectivity index (χ1n) is 10.3. The number of nitrogens with zero attached hydrogens (tertiary/aromatic N) is 1. The molecule has 0 radical (unpaired) electrons. The molecule has 0 saturated carbocycles. The highest BCUT2D eigenvalue weighted by molar-refractivity contribution is 6.01. The van der Waals surface area contributed by atoms with E-state index in [0.717, 1.165) is 11.1 Å². The van der Waals surface area contributed by atoms with Gasteiger partial charge in [-0.15, -0.1) is 0 Å². The summed E-state index contributed by atoms with van der Waals surface area (Å²) in [6.07, 6.45) is 0.0603. The molecule has 0 N–H and O–H groups in total. The van der Waals surface area contributed by atoms with E-state index in [1.807, 2.05) is 42.5 Å². The molecule has 1 heterocycles. The average molecular weight is 429 g/mol. The molecule has 1 fully saturated rings. The third-order valence-corrected chi connectivity index (χ3v) is 5.50. The van der Waals surface area contributed by atoms with Crippen LogP contribution in [0.2, 0.25) is 0 Å². The molecule has 4 rings (SSSR count). The van der Waals surface area contributed by atoms with Crippen LogP contribution in [0.1, 0.15) is 16.8 Å². The fraction of sp³-hybridized carbons (Fsp3) is 0.192. The second-order valence-electron chi connectivity index (χ2n) is 7.58. The van der Waals surface area contributed by atoms with Gasteiger partial charge >= 0.3 is 5.97 Å². The first-order chi connectivity index (χ1) is 15.5. The predicted molar refractivity (Wildman–Crippen MR) is 121 cm³/mol. The Morgan fingerprint density at radius 1 is 0.906 bits per heavy atom. The summed E-state index contributed by atoms with van der Waals surface area (Å²) in [4.78, 5) is 38.8. The van der Waals surface area contributed by atoms with Crippen molar-refractivity contribution in [1.82, 2.24) is 0 Å². The lowest BCUT2D eigenvalue weighted by Crippen LogP contribution is -2.27. The van der Waals surface area contributed by atoms with Crippen LogP contribution in [0.4, 0.5) is 5.69 Å². The highest BCUT2D eigenvalue weighted by Gasteiger charge is 2.36. The van der Waals surface area contributed by atoms with Crippen molar-refractivity contribution in [3.63, 3.8) is 0 Å². The van der Waals surface area contributed by atoms with E-state index in [0.29, 0.717) is 17.0 Å². The molecule has 0 spiro atoms. The third kappa shape index (κ3) is 4.70. The minimum Gasteiger partial charge on any atom is -0.497 e. The lowest BCUT2D eigenvalue weighted by Gasteiger charge is -2.16. The summed E-state index contributed by atoms with van der Waals surface area (Å²) in [5.74, 6) is -0.887. The average Bonchev–Trinajstić information content (AvgIpc) is 3.24. The maximum Gasteiger partial charge on any atom is 0.311 e. The lowest BCUT2D eigenvalue weighted by molar-refractivity contribution is -0.147. The molecule has 1 amide bonds. The highest BCUT2D eigenvalue weighted by Crippen LogP contribution is 2.27. The van der Waals surface area contributed by atoms with E-state index >= 15 is 0 Å². The zero-order valence-electron chi connectivity index (χ0n) is 17.7. The van der Waals surface area contributed by atoms with E-state index in [1.54, 1.807) is 48.4 Å². The Labute approximate surface area is 186 Å². The van der Waals surface area contributed by atoms with Crippen molar-refractivity contribution < 1.29 is 23.9 Å². The van der Waals surface area contributed by atoms with Gasteiger partial charge in [0.1, 0.15) is 5.75 Å². The van der Waals surface area contributed by atoms with Crippen LogP contribution in [0.5, 0.6) is 5.75 Å². The molecule has 1 saturated heterocycles. The van der Waals surface area contributed by atoms with Gasteiger partial charge in [0.05, 0.1) is 13.0 Å². The van der Waals surface area contributed by atoms with E-state index in [9.17, 15) is 14.4 Å². The number of hydrogen-bond acceptors (Lipinski definition) is 5. The first-order valence-corrected chi connectivity index (χ1v) is 10.3. The molecule has 6 heteroatoms. The van der Waals surface area contributed by atoms with E-state index in [4.69, 9.17) is 9.47 Å². The largest absolute Gasteiger partial charge is 0.497 e. The number of carbonyl (C=O) groups is 3. The second-order valence-corrected chi connectivity index (χ2v) is 7.58. The topological polar surface area (TPSA) is 72.9 Å². The van der Waals surface area contributed by atoms with Crippen molar-refractivity contribution in [1.29, 1.82) is 0 Å². The van der Waals surface area contributed by atoms with Gasteiger partial charge in [-0.2, -0.15) is 0 Å². The van der Waals surface area contributed by atoms with Gasteiger partial charge < -0.3 is 14.4 Å². The van der Waals surface area contributed by atoms with Gasteiger partial charge in [-0.25, -0.2) is 0 Å². The minimum absolute atomic E-state index is 0.0603. The first kappa shape index (κ1) is 21.3. The highest BCUT2D eigenvalue weighted by atomic mass is 16.5. The monoisotopic (exact) mass is 429 g/mol. The molecule has 1 aliphatic rings.